The Balaban J connectivity index is 1.63. The van der Waals surface area contributed by atoms with Crippen molar-refractivity contribution in [2.75, 3.05) is 13.2 Å². The number of fused-ring (bicyclic) bond motifs is 1. The molecule has 4 heteroatoms. The summed E-state index contributed by atoms with van der Waals surface area (Å²) >= 11 is 5.23. The molecular formula is C22H23NO2S. The molecule has 3 nitrogen and oxygen atoms in total. The van der Waals surface area contributed by atoms with Crippen LogP contribution in [0.3, 0.4) is 0 Å². The average Bonchev–Trinajstić information content (AvgIpc) is 2.66. The zero-order valence-corrected chi connectivity index (χ0v) is 15.7. The Hall–Kier alpha value is -2.59. The largest absolute Gasteiger partial charge is 0.490 e. The Morgan fingerprint density at radius 2 is 1.65 bits per heavy atom. The van der Waals surface area contributed by atoms with E-state index in [1.807, 2.05) is 48.5 Å². The highest BCUT2D eigenvalue weighted by Crippen LogP contribution is 2.28. The number of hydrogen-bond donors (Lipinski definition) is 1. The van der Waals surface area contributed by atoms with E-state index < -0.39 is 0 Å². The van der Waals surface area contributed by atoms with E-state index in [0.29, 0.717) is 24.0 Å². The quantitative estimate of drug-likeness (QED) is 0.456. The number of ether oxygens (including phenoxy) is 2. The maximum atomic E-state index is 5.93. The van der Waals surface area contributed by atoms with Crippen LogP contribution in [0.4, 0.5) is 0 Å². The third-order valence-corrected chi connectivity index (χ3v) is 4.41. The molecule has 0 saturated carbocycles. The van der Waals surface area contributed by atoms with Crippen molar-refractivity contribution in [2.45, 2.75) is 19.8 Å². The molecule has 0 aliphatic rings. The molecule has 3 aromatic carbocycles. The van der Waals surface area contributed by atoms with Crippen LogP contribution in [0, 0.1) is 0 Å². The average molecular weight is 365 g/mol. The standard InChI is InChI=1S/C22H23NO2S/c1-2-5-16-8-11-18(12-9-16)24-14-15-25-20-13-10-17-6-3-4-7-19(17)21(20)22(23)26/h3-4,6-13H,2,5,14-15H2,1H3,(H2,23,26). The second-order valence-electron chi connectivity index (χ2n) is 6.11. The van der Waals surface area contributed by atoms with E-state index in [9.17, 15) is 0 Å². The van der Waals surface area contributed by atoms with Crippen LogP contribution in [0.25, 0.3) is 10.8 Å². The molecule has 0 bridgehead atoms. The van der Waals surface area contributed by atoms with Crippen molar-refractivity contribution in [3.63, 3.8) is 0 Å². The smallest absolute Gasteiger partial charge is 0.130 e. The lowest BCUT2D eigenvalue weighted by Gasteiger charge is -2.14. The van der Waals surface area contributed by atoms with Gasteiger partial charge < -0.3 is 15.2 Å². The molecule has 0 aliphatic heterocycles. The molecule has 3 rings (SSSR count). The van der Waals surface area contributed by atoms with E-state index in [2.05, 4.69) is 19.1 Å². The van der Waals surface area contributed by atoms with Gasteiger partial charge in [-0.2, -0.15) is 0 Å². The zero-order chi connectivity index (χ0) is 18.4. The van der Waals surface area contributed by atoms with Gasteiger partial charge in [0.15, 0.2) is 0 Å². The van der Waals surface area contributed by atoms with E-state index in [1.165, 1.54) is 5.56 Å². The Kier molecular flexibility index (Phi) is 6.08. The summed E-state index contributed by atoms with van der Waals surface area (Å²) in [4.78, 5) is 0.337. The molecule has 0 atom stereocenters. The molecule has 0 unspecified atom stereocenters. The molecule has 0 saturated heterocycles. The zero-order valence-electron chi connectivity index (χ0n) is 14.9. The third kappa shape index (κ3) is 4.33. The van der Waals surface area contributed by atoms with Crippen molar-refractivity contribution in [2.24, 2.45) is 5.73 Å². The minimum Gasteiger partial charge on any atom is -0.490 e. The first-order valence-corrected chi connectivity index (χ1v) is 9.26. The van der Waals surface area contributed by atoms with E-state index in [1.54, 1.807) is 0 Å². The lowest BCUT2D eigenvalue weighted by Crippen LogP contribution is -2.15. The van der Waals surface area contributed by atoms with Gasteiger partial charge in [-0.3, -0.25) is 0 Å². The minimum absolute atomic E-state index is 0.337. The van der Waals surface area contributed by atoms with Crippen LogP contribution < -0.4 is 15.2 Å². The fraction of sp³-hybridized carbons (Fsp3) is 0.227. The molecule has 0 spiro atoms. The van der Waals surface area contributed by atoms with E-state index in [-0.39, 0.29) is 0 Å². The summed E-state index contributed by atoms with van der Waals surface area (Å²) in [7, 11) is 0. The van der Waals surface area contributed by atoms with Gasteiger partial charge in [0.2, 0.25) is 0 Å². The molecule has 0 aromatic heterocycles. The van der Waals surface area contributed by atoms with Gasteiger partial charge in [0, 0.05) is 0 Å². The van der Waals surface area contributed by atoms with E-state index in [0.717, 1.165) is 34.9 Å². The molecule has 0 amide bonds. The summed E-state index contributed by atoms with van der Waals surface area (Å²) in [6.45, 7) is 3.05. The van der Waals surface area contributed by atoms with Crippen LogP contribution >= 0.6 is 12.2 Å². The van der Waals surface area contributed by atoms with Crippen LogP contribution in [-0.2, 0) is 6.42 Å². The first-order valence-electron chi connectivity index (χ1n) is 8.85. The monoisotopic (exact) mass is 365 g/mol. The van der Waals surface area contributed by atoms with Crippen molar-refractivity contribution in [3.05, 3.63) is 71.8 Å². The number of nitrogens with two attached hydrogens (primary N) is 1. The summed E-state index contributed by atoms with van der Waals surface area (Å²) in [5.74, 6) is 1.54. The van der Waals surface area contributed by atoms with Crippen molar-refractivity contribution in [3.8, 4) is 11.5 Å². The lowest BCUT2D eigenvalue weighted by atomic mass is 10.0. The number of hydrogen-bond acceptors (Lipinski definition) is 3. The van der Waals surface area contributed by atoms with Gasteiger partial charge in [-0.05, 0) is 41.0 Å². The molecule has 0 heterocycles. The van der Waals surface area contributed by atoms with Crippen LogP contribution in [0.1, 0.15) is 24.5 Å². The number of aryl methyl sites for hydroxylation is 1. The third-order valence-electron chi connectivity index (χ3n) is 4.21. The van der Waals surface area contributed by atoms with Gasteiger partial charge in [-0.1, -0.05) is 68.0 Å². The lowest BCUT2D eigenvalue weighted by molar-refractivity contribution is 0.217. The molecular weight excluding hydrogens is 342 g/mol. The Labute approximate surface area is 159 Å². The molecule has 26 heavy (non-hydrogen) atoms. The fourth-order valence-electron chi connectivity index (χ4n) is 2.98. The molecule has 0 fully saturated rings. The van der Waals surface area contributed by atoms with E-state index >= 15 is 0 Å². The Morgan fingerprint density at radius 1 is 0.923 bits per heavy atom. The maximum Gasteiger partial charge on any atom is 0.130 e. The molecule has 2 N–H and O–H groups in total. The Morgan fingerprint density at radius 3 is 2.38 bits per heavy atom. The van der Waals surface area contributed by atoms with Crippen molar-refractivity contribution in [1.82, 2.24) is 0 Å². The highest BCUT2D eigenvalue weighted by molar-refractivity contribution is 7.80. The first-order chi connectivity index (χ1) is 12.7. The first kappa shape index (κ1) is 18.2. The highest BCUT2D eigenvalue weighted by atomic mass is 32.1. The van der Waals surface area contributed by atoms with Gasteiger partial charge >= 0.3 is 0 Å². The molecule has 0 aliphatic carbocycles. The number of thiocarbonyl (C=S) groups is 1. The predicted octanol–water partition coefficient (Wildman–Crippen LogP) is 4.88. The van der Waals surface area contributed by atoms with E-state index in [4.69, 9.17) is 27.4 Å². The summed E-state index contributed by atoms with van der Waals surface area (Å²) in [5, 5.41) is 2.09. The second-order valence-corrected chi connectivity index (χ2v) is 6.55. The van der Waals surface area contributed by atoms with Crippen molar-refractivity contribution in [1.29, 1.82) is 0 Å². The summed E-state index contributed by atoms with van der Waals surface area (Å²) in [5.41, 5.74) is 8.04. The van der Waals surface area contributed by atoms with Gasteiger partial charge in [-0.25, -0.2) is 0 Å². The van der Waals surface area contributed by atoms with Gasteiger partial charge in [0.05, 0.1) is 5.56 Å². The summed E-state index contributed by atoms with van der Waals surface area (Å²) in [6, 6.07) is 20.1. The van der Waals surface area contributed by atoms with Gasteiger partial charge in [0.1, 0.15) is 29.7 Å². The van der Waals surface area contributed by atoms with Crippen LogP contribution in [0.5, 0.6) is 11.5 Å². The van der Waals surface area contributed by atoms with Crippen molar-refractivity contribution >= 4 is 28.0 Å². The topological polar surface area (TPSA) is 44.5 Å². The second kappa shape index (κ2) is 8.68. The fourth-order valence-corrected chi connectivity index (χ4v) is 3.19. The molecule has 134 valence electrons. The predicted molar refractivity (Wildman–Crippen MR) is 111 cm³/mol. The van der Waals surface area contributed by atoms with Crippen molar-refractivity contribution < 1.29 is 9.47 Å². The van der Waals surface area contributed by atoms with Gasteiger partial charge in [0.25, 0.3) is 0 Å². The molecule has 3 aromatic rings. The summed E-state index contributed by atoms with van der Waals surface area (Å²) in [6.07, 6.45) is 2.23. The SMILES string of the molecule is CCCc1ccc(OCCOc2ccc3ccccc3c2C(N)=S)cc1. The maximum absolute atomic E-state index is 5.93. The molecule has 0 radical (unpaired) electrons. The highest BCUT2D eigenvalue weighted by Gasteiger charge is 2.11. The summed E-state index contributed by atoms with van der Waals surface area (Å²) < 4.78 is 11.7. The van der Waals surface area contributed by atoms with Crippen LogP contribution in [0.2, 0.25) is 0 Å². The van der Waals surface area contributed by atoms with Crippen LogP contribution in [-0.4, -0.2) is 18.2 Å². The van der Waals surface area contributed by atoms with Gasteiger partial charge in [-0.15, -0.1) is 0 Å². The van der Waals surface area contributed by atoms with Crippen LogP contribution in [0.15, 0.2) is 60.7 Å². The minimum atomic E-state index is 0.337. The number of benzene rings is 3. The Bertz CT molecular complexity index is 890. The number of rotatable bonds is 8. The normalized spacial score (nSPS) is 10.7.